The first-order valence-electron chi connectivity index (χ1n) is 11.8. The molecular formula is C26H26F8N2O3. The number of ketones is 1. The van der Waals surface area contributed by atoms with Crippen LogP contribution in [0.4, 0.5) is 35.1 Å². The van der Waals surface area contributed by atoms with Crippen LogP contribution in [-0.2, 0) is 6.61 Å². The van der Waals surface area contributed by atoms with Crippen LogP contribution in [0.5, 0.6) is 5.88 Å². The molecule has 0 bridgehead atoms. The lowest BCUT2D eigenvalue weighted by Gasteiger charge is -2.30. The standard InChI is InChI=1S/C26H26F8N2O3/c1-13-9-19-22(20(37)11-15(24(3,4)38)7-8-25(30,31)26(32,33)34)14(2)35-36(19)21(10-13)39-12-16-17(27)5-6-18(28)23(16)29/h5-6,9-10,15,38H,7-8,11-12H2,1-4H3. The number of aromatic nitrogens is 2. The summed E-state index contributed by atoms with van der Waals surface area (Å²) in [6.45, 7) is 4.76. The first-order valence-corrected chi connectivity index (χ1v) is 11.8. The van der Waals surface area contributed by atoms with Crippen molar-refractivity contribution in [1.82, 2.24) is 9.61 Å². The summed E-state index contributed by atoms with van der Waals surface area (Å²) in [6, 6.07) is 4.34. The normalized spacial score (nSPS) is 13.7. The summed E-state index contributed by atoms with van der Waals surface area (Å²) >= 11 is 0. The summed E-state index contributed by atoms with van der Waals surface area (Å²) in [6.07, 6.45) is -8.75. The zero-order chi connectivity index (χ0) is 29.5. The van der Waals surface area contributed by atoms with E-state index in [9.17, 15) is 45.0 Å². The number of halogens is 8. The molecule has 0 spiro atoms. The van der Waals surface area contributed by atoms with Gasteiger partial charge in [0.05, 0.1) is 27.9 Å². The van der Waals surface area contributed by atoms with Crippen molar-refractivity contribution in [2.45, 2.75) is 71.3 Å². The molecule has 1 aromatic carbocycles. The minimum absolute atomic E-state index is 0.00324. The Hall–Kier alpha value is -3.22. The van der Waals surface area contributed by atoms with E-state index in [-0.39, 0.29) is 22.7 Å². The van der Waals surface area contributed by atoms with Gasteiger partial charge in [-0.25, -0.2) is 17.7 Å². The predicted octanol–water partition coefficient (Wildman–Crippen LogP) is 6.89. The molecule has 214 valence electrons. The summed E-state index contributed by atoms with van der Waals surface area (Å²) in [4.78, 5) is 13.3. The van der Waals surface area contributed by atoms with Gasteiger partial charge >= 0.3 is 12.1 Å². The Kier molecular flexibility index (Phi) is 8.35. The fourth-order valence-corrected chi connectivity index (χ4v) is 4.18. The number of Topliss-reactive ketones (excluding diaryl/α,β-unsaturated/α-hetero) is 1. The molecule has 0 radical (unpaired) electrons. The Morgan fingerprint density at radius 2 is 1.67 bits per heavy atom. The number of pyridine rings is 1. The highest BCUT2D eigenvalue weighted by molar-refractivity contribution is 6.03. The number of hydrogen-bond donors (Lipinski definition) is 1. The molecule has 0 saturated heterocycles. The minimum Gasteiger partial charge on any atom is -0.473 e. The number of aliphatic hydroxyl groups is 1. The van der Waals surface area contributed by atoms with E-state index in [1.807, 2.05) is 0 Å². The van der Waals surface area contributed by atoms with E-state index in [0.717, 1.165) is 10.6 Å². The fourth-order valence-electron chi connectivity index (χ4n) is 4.18. The Morgan fingerprint density at radius 3 is 2.26 bits per heavy atom. The summed E-state index contributed by atoms with van der Waals surface area (Å²) in [5.74, 6) is -10.7. The van der Waals surface area contributed by atoms with Gasteiger partial charge < -0.3 is 9.84 Å². The van der Waals surface area contributed by atoms with Gasteiger partial charge in [-0.15, -0.1) is 0 Å². The van der Waals surface area contributed by atoms with Crippen LogP contribution in [0.15, 0.2) is 24.3 Å². The lowest BCUT2D eigenvalue weighted by molar-refractivity contribution is -0.285. The average Bonchev–Trinajstić information content (AvgIpc) is 3.13. The third kappa shape index (κ3) is 6.51. The highest BCUT2D eigenvalue weighted by Crippen LogP contribution is 2.41. The highest BCUT2D eigenvalue weighted by Gasteiger charge is 2.57. The van der Waals surface area contributed by atoms with Gasteiger partial charge in [-0.05, 0) is 63.8 Å². The molecule has 1 atom stereocenters. The van der Waals surface area contributed by atoms with Crippen LogP contribution in [0.1, 0.15) is 60.3 Å². The molecule has 0 fully saturated rings. The van der Waals surface area contributed by atoms with Gasteiger partial charge in [0, 0.05) is 18.9 Å². The van der Waals surface area contributed by atoms with E-state index in [0.29, 0.717) is 11.6 Å². The molecule has 2 heterocycles. The van der Waals surface area contributed by atoms with E-state index in [2.05, 4.69) is 5.10 Å². The van der Waals surface area contributed by atoms with Crippen molar-refractivity contribution in [3.63, 3.8) is 0 Å². The zero-order valence-electron chi connectivity index (χ0n) is 21.4. The summed E-state index contributed by atoms with van der Waals surface area (Å²) in [5.41, 5.74) is -1.60. The average molecular weight is 566 g/mol. The van der Waals surface area contributed by atoms with Gasteiger partial charge in [0.15, 0.2) is 17.4 Å². The molecule has 2 aromatic heterocycles. The number of alkyl halides is 5. The van der Waals surface area contributed by atoms with Crippen molar-refractivity contribution in [3.8, 4) is 5.88 Å². The Bertz CT molecular complexity index is 1380. The quantitative estimate of drug-likeness (QED) is 0.165. The molecule has 5 nitrogen and oxygen atoms in total. The van der Waals surface area contributed by atoms with Crippen molar-refractivity contribution >= 4 is 11.3 Å². The van der Waals surface area contributed by atoms with Gasteiger partial charge in [-0.2, -0.15) is 27.1 Å². The Labute approximate surface area is 218 Å². The summed E-state index contributed by atoms with van der Waals surface area (Å²) in [7, 11) is 0. The number of fused-ring (bicyclic) bond motifs is 1. The van der Waals surface area contributed by atoms with Crippen molar-refractivity contribution in [3.05, 3.63) is 64.1 Å². The first kappa shape index (κ1) is 30.3. The third-order valence-corrected chi connectivity index (χ3v) is 6.45. The largest absolute Gasteiger partial charge is 0.473 e. The summed E-state index contributed by atoms with van der Waals surface area (Å²) < 4.78 is 113. The number of nitrogens with zero attached hydrogens (tertiary/aromatic N) is 2. The molecule has 0 aliphatic carbocycles. The van der Waals surface area contributed by atoms with E-state index in [1.54, 1.807) is 6.92 Å². The van der Waals surface area contributed by atoms with Crippen molar-refractivity contribution < 1.29 is 49.8 Å². The van der Waals surface area contributed by atoms with Crippen LogP contribution < -0.4 is 4.74 Å². The number of rotatable bonds is 10. The lowest BCUT2D eigenvalue weighted by Crippen LogP contribution is -2.39. The van der Waals surface area contributed by atoms with Crippen molar-refractivity contribution in [2.24, 2.45) is 5.92 Å². The molecule has 3 aromatic rings. The van der Waals surface area contributed by atoms with Gasteiger partial charge in [-0.1, -0.05) is 0 Å². The number of aryl methyl sites for hydroxylation is 2. The van der Waals surface area contributed by atoms with Gasteiger partial charge in [0.2, 0.25) is 5.88 Å². The molecule has 13 heteroatoms. The van der Waals surface area contributed by atoms with E-state index >= 15 is 0 Å². The third-order valence-electron chi connectivity index (χ3n) is 6.45. The molecule has 39 heavy (non-hydrogen) atoms. The van der Waals surface area contributed by atoms with Crippen LogP contribution in [-0.4, -0.2) is 38.2 Å². The van der Waals surface area contributed by atoms with Gasteiger partial charge in [-0.3, -0.25) is 4.79 Å². The van der Waals surface area contributed by atoms with Crippen LogP contribution in [0, 0.1) is 37.2 Å². The SMILES string of the molecule is Cc1cc(OCc2c(F)ccc(F)c2F)n2nc(C)c(C(=O)CC(CCC(F)(F)C(F)(F)F)C(C)(C)O)c2c1. The molecule has 1 N–H and O–H groups in total. The number of carbonyl (C=O) groups excluding carboxylic acids is 1. The van der Waals surface area contributed by atoms with Gasteiger partial charge in [0.25, 0.3) is 0 Å². The van der Waals surface area contributed by atoms with E-state index in [4.69, 9.17) is 4.74 Å². The maximum Gasteiger partial charge on any atom is 0.453 e. The molecule has 0 aliphatic rings. The van der Waals surface area contributed by atoms with Crippen LogP contribution in [0.25, 0.3) is 5.52 Å². The van der Waals surface area contributed by atoms with Crippen LogP contribution in [0.3, 0.4) is 0 Å². The summed E-state index contributed by atoms with van der Waals surface area (Å²) in [5, 5.41) is 14.6. The predicted molar refractivity (Wildman–Crippen MR) is 124 cm³/mol. The fraction of sp³-hybridized carbons (Fsp3) is 0.462. The van der Waals surface area contributed by atoms with Crippen molar-refractivity contribution in [1.29, 1.82) is 0 Å². The molecular weight excluding hydrogens is 540 g/mol. The van der Waals surface area contributed by atoms with E-state index in [1.165, 1.54) is 32.9 Å². The smallest absolute Gasteiger partial charge is 0.453 e. The molecule has 3 rings (SSSR count). The first-order chi connectivity index (χ1) is 17.8. The Balaban J connectivity index is 1.92. The monoisotopic (exact) mass is 566 g/mol. The molecule has 0 saturated carbocycles. The number of carbonyl (C=O) groups is 1. The second kappa shape index (κ2) is 10.7. The van der Waals surface area contributed by atoms with Crippen LogP contribution >= 0.6 is 0 Å². The topological polar surface area (TPSA) is 63.8 Å². The number of benzene rings is 1. The van der Waals surface area contributed by atoms with Gasteiger partial charge in [0.1, 0.15) is 12.4 Å². The van der Waals surface area contributed by atoms with Crippen LogP contribution in [0.2, 0.25) is 0 Å². The second-order valence-electron chi connectivity index (χ2n) is 9.96. The molecule has 1 unspecified atom stereocenters. The number of ether oxygens (including phenoxy) is 1. The molecule has 0 amide bonds. The van der Waals surface area contributed by atoms with E-state index < -0.39 is 78.3 Å². The Morgan fingerprint density at radius 1 is 1.05 bits per heavy atom. The number of hydrogen-bond acceptors (Lipinski definition) is 4. The second-order valence-corrected chi connectivity index (χ2v) is 9.96. The lowest BCUT2D eigenvalue weighted by atomic mass is 9.81. The maximum absolute atomic E-state index is 14.1. The highest BCUT2D eigenvalue weighted by atomic mass is 19.4. The molecule has 0 aliphatic heterocycles. The maximum atomic E-state index is 14.1. The zero-order valence-corrected chi connectivity index (χ0v) is 21.4. The van der Waals surface area contributed by atoms with Crippen molar-refractivity contribution in [2.75, 3.05) is 0 Å². The minimum atomic E-state index is -5.77.